The van der Waals surface area contributed by atoms with Crippen LogP contribution in [-0.4, -0.2) is 17.3 Å². The second-order valence-electron chi connectivity index (χ2n) is 4.98. The Labute approximate surface area is 101 Å². The van der Waals surface area contributed by atoms with Crippen LogP contribution in [0.25, 0.3) is 0 Å². The Bertz CT molecular complexity index is 394. The molecule has 2 nitrogen and oxygen atoms in total. The van der Waals surface area contributed by atoms with Crippen molar-refractivity contribution < 1.29 is 14.2 Å². The molecule has 2 rings (SSSR count). The lowest BCUT2D eigenvalue weighted by molar-refractivity contribution is 0.0230. The number of rotatable bonds is 2. The largest absolute Gasteiger partial charge is 0.388 e. The molecule has 5 unspecified atom stereocenters. The summed E-state index contributed by atoms with van der Waals surface area (Å²) in [6.45, 7) is 6.05. The van der Waals surface area contributed by atoms with E-state index in [4.69, 9.17) is 4.74 Å². The smallest absolute Gasteiger partial charge is 0.123 e. The van der Waals surface area contributed by atoms with E-state index in [9.17, 15) is 9.50 Å². The standard InChI is InChI=1S/C14H19FO2/c1-8-9(2)17-10(3)13(8)14(16)11-5-4-6-12(15)7-11/h4-10,13-14,16H,1-3H3. The summed E-state index contributed by atoms with van der Waals surface area (Å²) in [5.41, 5.74) is 0.631. The summed E-state index contributed by atoms with van der Waals surface area (Å²) >= 11 is 0. The van der Waals surface area contributed by atoms with Crippen LogP contribution < -0.4 is 0 Å². The molecule has 1 heterocycles. The quantitative estimate of drug-likeness (QED) is 0.858. The van der Waals surface area contributed by atoms with Crippen molar-refractivity contribution in [1.29, 1.82) is 0 Å². The lowest BCUT2D eigenvalue weighted by Gasteiger charge is -2.25. The second kappa shape index (κ2) is 4.75. The van der Waals surface area contributed by atoms with Crippen molar-refractivity contribution >= 4 is 0 Å². The van der Waals surface area contributed by atoms with Gasteiger partial charge in [-0.1, -0.05) is 19.1 Å². The fourth-order valence-electron chi connectivity index (χ4n) is 2.75. The van der Waals surface area contributed by atoms with Gasteiger partial charge in [-0.05, 0) is 37.5 Å². The van der Waals surface area contributed by atoms with Crippen LogP contribution in [0.1, 0.15) is 32.4 Å². The van der Waals surface area contributed by atoms with Gasteiger partial charge in [-0.15, -0.1) is 0 Å². The molecular formula is C14H19FO2. The molecule has 0 aromatic heterocycles. The zero-order valence-corrected chi connectivity index (χ0v) is 10.4. The van der Waals surface area contributed by atoms with E-state index < -0.39 is 6.10 Å². The number of halogens is 1. The first-order chi connectivity index (χ1) is 8.00. The molecule has 1 fully saturated rings. The normalized spacial score (nSPS) is 34.9. The SMILES string of the molecule is CC1OC(C)C(C(O)c2cccc(F)c2)C1C. The molecule has 94 valence electrons. The molecule has 1 aromatic carbocycles. The third kappa shape index (κ3) is 2.35. The van der Waals surface area contributed by atoms with Crippen LogP contribution in [0.3, 0.4) is 0 Å². The first-order valence-electron chi connectivity index (χ1n) is 6.09. The molecule has 0 amide bonds. The van der Waals surface area contributed by atoms with Gasteiger partial charge in [0.15, 0.2) is 0 Å². The van der Waals surface area contributed by atoms with Gasteiger partial charge in [0.05, 0.1) is 18.3 Å². The third-order valence-corrected chi connectivity index (χ3v) is 3.87. The van der Waals surface area contributed by atoms with E-state index in [2.05, 4.69) is 6.92 Å². The second-order valence-corrected chi connectivity index (χ2v) is 4.98. The number of hydrogen-bond acceptors (Lipinski definition) is 2. The molecule has 1 saturated heterocycles. The minimum atomic E-state index is -0.666. The third-order valence-electron chi connectivity index (χ3n) is 3.87. The zero-order chi connectivity index (χ0) is 12.6. The highest BCUT2D eigenvalue weighted by Gasteiger charge is 2.41. The molecule has 1 aromatic rings. The predicted molar refractivity (Wildman–Crippen MR) is 64.0 cm³/mol. The molecule has 5 atom stereocenters. The van der Waals surface area contributed by atoms with Crippen LogP contribution in [0, 0.1) is 17.7 Å². The molecule has 0 spiro atoms. The number of hydrogen-bond donors (Lipinski definition) is 1. The molecule has 0 aliphatic carbocycles. The van der Waals surface area contributed by atoms with Crippen LogP contribution >= 0.6 is 0 Å². The van der Waals surface area contributed by atoms with Crippen LogP contribution in [0.5, 0.6) is 0 Å². The number of benzene rings is 1. The van der Waals surface area contributed by atoms with Crippen LogP contribution in [0.2, 0.25) is 0 Å². The molecule has 0 saturated carbocycles. The van der Waals surface area contributed by atoms with Crippen molar-refractivity contribution in [3.05, 3.63) is 35.6 Å². The van der Waals surface area contributed by atoms with Gasteiger partial charge < -0.3 is 9.84 Å². The number of aliphatic hydroxyl groups excluding tert-OH is 1. The van der Waals surface area contributed by atoms with E-state index in [0.29, 0.717) is 5.56 Å². The Morgan fingerprint density at radius 3 is 2.47 bits per heavy atom. The highest BCUT2D eigenvalue weighted by molar-refractivity contribution is 5.20. The Balaban J connectivity index is 2.22. The number of aliphatic hydroxyl groups is 1. The fraction of sp³-hybridized carbons (Fsp3) is 0.571. The monoisotopic (exact) mass is 238 g/mol. The highest BCUT2D eigenvalue weighted by Crippen LogP contribution is 2.40. The Hall–Kier alpha value is -0.930. The van der Waals surface area contributed by atoms with E-state index in [-0.39, 0.29) is 29.9 Å². The summed E-state index contributed by atoms with van der Waals surface area (Å²) in [4.78, 5) is 0. The van der Waals surface area contributed by atoms with E-state index >= 15 is 0 Å². The van der Waals surface area contributed by atoms with Crippen LogP contribution in [-0.2, 0) is 4.74 Å². The molecule has 0 bridgehead atoms. The molecular weight excluding hydrogens is 219 g/mol. The van der Waals surface area contributed by atoms with E-state index in [1.165, 1.54) is 12.1 Å². The maximum Gasteiger partial charge on any atom is 0.123 e. The minimum Gasteiger partial charge on any atom is -0.388 e. The Morgan fingerprint density at radius 2 is 1.94 bits per heavy atom. The molecule has 1 N–H and O–H groups in total. The van der Waals surface area contributed by atoms with Gasteiger partial charge in [0.25, 0.3) is 0 Å². The lowest BCUT2D eigenvalue weighted by Crippen LogP contribution is -2.25. The Morgan fingerprint density at radius 1 is 1.24 bits per heavy atom. The predicted octanol–water partition coefficient (Wildman–Crippen LogP) is 2.92. The van der Waals surface area contributed by atoms with Crippen molar-refractivity contribution in [2.75, 3.05) is 0 Å². The Kier molecular flexibility index (Phi) is 3.50. The van der Waals surface area contributed by atoms with E-state index in [1.807, 2.05) is 13.8 Å². The van der Waals surface area contributed by atoms with Crippen molar-refractivity contribution in [3.8, 4) is 0 Å². The molecule has 1 aliphatic heterocycles. The molecule has 0 radical (unpaired) electrons. The van der Waals surface area contributed by atoms with Gasteiger partial charge in [0, 0.05) is 5.92 Å². The maximum atomic E-state index is 13.1. The van der Waals surface area contributed by atoms with Gasteiger partial charge in [0.1, 0.15) is 5.82 Å². The first kappa shape index (κ1) is 12.5. The summed E-state index contributed by atoms with van der Waals surface area (Å²) < 4.78 is 18.8. The topological polar surface area (TPSA) is 29.5 Å². The van der Waals surface area contributed by atoms with Gasteiger partial charge in [-0.25, -0.2) is 4.39 Å². The summed E-state index contributed by atoms with van der Waals surface area (Å²) in [6.07, 6.45) is -0.530. The van der Waals surface area contributed by atoms with E-state index in [0.717, 1.165) is 0 Å². The summed E-state index contributed by atoms with van der Waals surface area (Å²) in [5, 5.41) is 10.4. The van der Waals surface area contributed by atoms with Gasteiger partial charge in [0.2, 0.25) is 0 Å². The van der Waals surface area contributed by atoms with Crippen molar-refractivity contribution in [3.63, 3.8) is 0 Å². The first-order valence-corrected chi connectivity index (χ1v) is 6.09. The zero-order valence-electron chi connectivity index (χ0n) is 10.4. The van der Waals surface area contributed by atoms with E-state index in [1.54, 1.807) is 12.1 Å². The summed E-state index contributed by atoms with van der Waals surface area (Å²) in [7, 11) is 0. The highest BCUT2D eigenvalue weighted by atomic mass is 19.1. The van der Waals surface area contributed by atoms with Crippen molar-refractivity contribution in [1.82, 2.24) is 0 Å². The molecule has 17 heavy (non-hydrogen) atoms. The fourth-order valence-corrected chi connectivity index (χ4v) is 2.75. The molecule has 3 heteroatoms. The van der Waals surface area contributed by atoms with Gasteiger partial charge in [-0.2, -0.15) is 0 Å². The number of ether oxygens (including phenoxy) is 1. The lowest BCUT2D eigenvalue weighted by atomic mass is 9.82. The summed E-state index contributed by atoms with van der Waals surface area (Å²) in [6, 6.07) is 6.17. The van der Waals surface area contributed by atoms with Gasteiger partial charge >= 0.3 is 0 Å². The van der Waals surface area contributed by atoms with Gasteiger partial charge in [-0.3, -0.25) is 0 Å². The minimum absolute atomic E-state index is 0.00160. The average molecular weight is 238 g/mol. The summed E-state index contributed by atoms with van der Waals surface area (Å²) in [5.74, 6) is -0.0242. The van der Waals surface area contributed by atoms with Crippen LogP contribution in [0.15, 0.2) is 24.3 Å². The maximum absolute atomic E-state index is 13.1. The average Bonchev–Trinajstić information content (AvgIpc) is 2.52. The van der Waals surface area contributed by atoms with Crippen molar-refractivity contribution in [2.24, 2.45) is 11.8 Å². The molecule has 1 aliphatic rings. The van der Waals surface area contributed by atoms with Crippen LogP contribution in [0.4, 0.5) is 4.39 Å². The van der Waals surface area contributed by atoms with Crippen molar-refractivity contribution in [2.45, 2.75) is 39.1 Å².